The third-order valence-corrected chi connectivity index (χ3v) is 7.43. The first-order valence-electron chi connectivity index (χ1n) is 9.87. The normalized spacial score (nSPS) is 22.3. The number of hydrogen-bond donors (Lipinski definition) is 0. The fourth-order valence-electron chi connectivity index (χ4n) is 4.00. The summed E-state index contributed by atoms with van der Waals surface area (Å²) >= 11 is 0. The lowest BCUT2D eigenvalue weighted by Gasteiger charge is -2.35. The summed E-state index contributed by atoms with van der Waals surface area (Å²) in [6.07, 6.45) is 6.31. The van der Waals surface area contributed by atoms with Crippen molar-refractivity contribution in [2.45, 2.75) is 44.9 Å². The molecule has 1 aromatic carbocycles. The number of amides is 1. The highest BCUT2D eigenvalue weighted by Gasteiger charge is 2.34. The molecule has 5 nitrogen and oxygen atoms in total. The van der Waals surface area contributed by atoms with Crippen LogP contribution in [-0.4, -0.2) is 55.5 Å². The van der Waals surface area contributed by atoms with Gasteiger partial charge in [-0.3, -0.25) is 4.79 Å². The van der Waals surface area contributed by atoms with E-state index in [4.69, 9.17) is 0 Å². The summed E-state index contributed by atoms with van der Waals surface area (Å²) in [4.78, 5) is 14.7. The Morgan fingerprint density at radius 3 is 2.46 bits per heavy atom. The molecular formula is C20H30N2O3S. The molecule has 0 aromatic heterocycles. The predicted octanol–water partition coefficient (Wildman–Crippen LogP) is 2.67. The van der Waals surface area contributed by atoms with Crippen molar-refractivity contribution in [2.24, 2.45) is 5.92 Å². The van der Waals surface area contributed by atoms with Crippen molar-refractivity contribution in [1.29, 1.82) is 0 Å². The van der Waals surface area contributed by atoms with E-state index in [1.165, 1.54) is 12.0 Å². The molecule has 0 saturated carbocycles. The van der Waals surface area contributed by atoms with Gasteiger partial charge in [-0.2, -0.15) is 0 Å². The summed E-state index contributed by atoms with van der Waals surface area (Å²) in [6.45, 7) is 2.58. The van der Waals surface area contributed by atoms with Crippen LogP contribution >= 0.6 is 0 Å². The van der Waals surface area contributed by atoms with Crippen molar-refractivity contribution in [3.63, 3.8) is 0 Å². The Bertz CT molecular complexity index is 684. The predicted molar refractivity (Wildman–Crippen MR) is 103 cm³/mol. The molecule has 2 fully saturated rings. The highest BCUT2D eigenvalue weighted by atomic mass is 32.2. The van der Waals surface area contributed by atoms with Gasteiger partial charge in [0.05, 0.1) is 11.7 Å². The summed E-state index contributed by atoms with van der Waals surface area (Å²) in [5.41, 5.74) is 1.17. The van der Waals surface area contributed by atoms with Crippen LogP contribution in [0.4, 0.5) is 0 Å². The second-order valence-corrected chi connectivity index (χ2v) is 9.58. The third-order valence-electron chi connectivity index (χ3n) is 5.51. The van der Waals surface area contributed by atoms with E-state index in [0.717, 1.165) is 45.2 Å². The lowest BCUT2D eigenvalue weighted by Crippen LogP contribution is -2.48. The second kappa shape index (κ2) is 9.00. The molecule has 2 aliphatic rings. The minimum Gasteiger partial charge on any atom is -0.342 e. The maximum absolute atomic E-state index is 12.7. The van der Waals surface area contributed by atoms with Crippen molar-refractivity contribution in [3.8, 4) is 0 Å². The molecule has 6 heteroatoms. The van der Waals surface area contributed by atoms with Crippen LogP contribution in [0.1, 0.15) is 44.1 Å². The first-order chi connectivity index (χ1) is 12.6. The van der Waals surface area contributed by atoms with Crippen molar-refractivity contribution in [2.75, 3.05) is 31.9 Å². The number of rotatable bonds is 6. The maximum Gasteiger partial charge on any atom is 0.227 e. The Labute approximate surface area is 157 Å². The van der Waals surface area contributed by atoms with E-state index in [1.807, 2.05) is 35.2 Å². The van der Waals surface area contributed by atoms with Crippen LogP contribution in [0.25, 0.3) is 0 Å². The summed E-state index contributed by atoms with van der Waals surface area (Å²) in [5.74, 6) is 0.159. The van der Waals surface area contributed by atoms with E-state index in [-0.39, 0.29) is 17.6 Å². The van der Waals surface area contributed by atoms with E-state index in [1.54, 1.807) is 4.31 Å². The third kappa shape index (κ3) is 5.07. The van der Waals surface area contributed by atoms with Crippen molar-refractivity contribution >= 4 is 15.9 Å². The van der Waals surface area contributed by atoms with Gasteiger partial charge in [0, 0.05) is 26.2 Å². The van der Waals surface area contributed by atoms with E-state index in [2.05, 4.69) is 0 Å². The highest BCUT2D eigenvalue weighted by molar-refractivity contribution is 7.89. The van der Waals surface area contributed by atoms with Crippen molar-refractivity contribution in [1.82, 2.24) is 9.21 Å². The second-order valence-electron chi connectivity index (χ2n) is 7.49. The molecule has 3 rings (SSSR count). The molecule has 1 aromatic rings. The number of aryl methyl sites for hydroxylation is 1. The highest BCUT2D eigenvalue weighted by Crippen LogP contribution is 2.23. The SMILES string of the molecule is O=C([C@H]1CCCN(S(=O)(=O)CCCc2ccccc2)C1)N1CCCCC1. The molecule has 2 aliphatic heterocycles. The summed E-state index contributed by atoms with van der Waals surface area (Å²) in [6, 6.07) is 9.98. The molecule has 0 unspecified atom stereocenters. The number of hydrogen-bond acceptors (Lipinski definition) is 3. The molecule has 0 spiro atoms. The lowest BCUT2D eigenvalue weighted by molar-refractivity contribution is -0.137. The minimum absolute atomic E-state index is 0.159. The first kappa shape index (κ1) is 19.4. The zero-order chi connectivity index (χ0) is 18.4. The van der Waals surface area contributed by atoms with Gasteiger partial charge in [0.1, 0.15) is 0 Å². The summed E-state index contributed by atoms with van der Waals surface area (Å²) < 4.78 is 27.0. The molecule has 26 heavy (non-hydrogen) atoms. The Morgan fingerprint density at radius 2 is 1.73 bits per heavy atom. The quantitative estimate of drug-likeness (QED) is 0.765. The van der Waals surface area contributed by atoms with E-state index >= 15 is 0 Å². The average Bonchev–Trinajstić information content (AvgIpc) is 2.69. The van der Waals surface area contributed by atoms with Crippen LogP contribution in [0.5, 0.6) is 0 Å². The number of benzene rings is 1. The fraction of sp³-hybridized carbons (Fsp3) is 0.650. The smallest absolute Gasteiger partial charge is 0.227 e. The van der Waals surface area contributed by atoms with Gasteiger partial charge in [-0.05, 0) is 50.5 Å². The molecule has 0 bridgehead atoms. The van der Waals surface area contributed by atoms with Crippen molar-refractivity contribution in [3.05, 3.63) is 35.9 Å². The van der Waals surface area contributed by atoms with Crippen LogP contribution in [0.2, 0.25) is 0 Å². The van der Waals surface area contributed by atoms with Gasteiger partial charge in [-0.1, -0.05) is 30.3 Å². The average molecular weight is 379 g/mol. The lowest BCUT2D eigenvalue weighted by atomic mass is 9.97. The number of piperidine rings is 2. The van der Waals surface area contributed by atoms with Gasteiger partial charge in [0.25, 0.3) is 0 Å². The molecule has 0 radical (unpaired) electrons. The maximum atomic E-state index is 12.7. The Balaban J connectivity index is 1.52. The molecule has 1 amide bonds. The van der Waals surface area contributed by atoms with Gasteiger partial charge in [0.2, 0.25) is 15.9 Å². The standard InChI is InChI=1S/C20H30N2O3S/c23-20(21-13-5-2-6-14-21)19-12-7-15-22(17-19)26(24,25)16-8-11-18-9-3-1-4-10-18/h1,3-4,9-10,19H,2,5-8,11-17H2/t19-/m0/s1. The molecule has 2 saturated heterocycles. The molecule has 2 heterocycles. The number of sulfonamides is 1. The zero-order valence-electron chi connectivity index (χ0n) is 15.5. The van der Waals surface area contributed by atoms with Gasteiger partial charge < -0.3 is 4.90 Å². The van der Waals surface area contributed by atoms with E-state index < -0.39 is 10.0 Å². The van der Waals surface area contributed by atoms with Gasteiger partial charge >= 0.3 is 0 Å². The molecular weight excluding hydrogens is 348 g/mol. The molecule has 1 atom stereocenters. The molecule has 144 valence electrons. The monoisotopic (exact) mass is 378 g/mol. The Hall–Kier alpha value is -1.40. The Kier molecular flexibility index (Phi) is 6.70. The summed E-state index contributed by atoms with van der Waals surface area (Å²) in [5, 5.41) is 0. The molecule has 0 N–H and O–H groups in total. The van der Waals surface area contributed by atoms with E-state index in [9.17, 15) is 13.2 Å². The van der Waals surface area contributed by atoms with Crippen LogP contribution < -0.4 is 0 Å². The minimum atomic E-state index is -3.29. The molecule has 0 aliphatic carbocycles. The van der Waals surface area contributed by atoms with E-state index in [0.29, 0.717) is 19.5 Å². The number of nitrogens with zero attached hydrogens (tertiary/aromatic N) is 2. The fourth-order valence-corrected chi connectivity index (χ4v) is 5.58. The van der Waals surface area contributed by atoms with Crippen LogP contribution in [0.15, 0.2) is 30.3 Å². The van der Waals surface area contributed by atoms with Crippen LogP contribution in [-0.2, 0) is 21.2 Å². The van der Waals surface area contributed by atoms with Crippen LogP contribution in [0.3, 0.4) is 0 Å². The van der Waals surface area contributed by atoms with Gasteiger partial charge in [0.15, 0.2) is 0 Å². The number of likely N-dealkylation sites (tertiary alicyclic amines) is 1. The Morgan fingerprint density at radius 1 is 1.00 bits per heavy atom. The number of carbonyl (C=O) groups is 1. The van der Waals surface area contributed by atoms with Gasteiger partial charge in [-0.15, -0.1) is 0 Å². The zero-order valence-corrected chi connectivity index (χ0v) is 16.3. The first-order valence-corrected chi connectivity index (χ1v) is 11.5. The topological polar surface area (TPSA) is 57.7 Å². The largest absolute Gasteiger partial charge is 0.342 e. The number of carbonyl (C=O) groups excluding carboxylic acids is 1. The van der Waals surface area contributed by atoms with Gasteiger partial charge in [-0.25, -0.2) is 12.7 Å². The van der Waals surface area contributed by atoms with Crippen molar-refractivity contribution < 1.29 is 13.2 Å². The summed E-state index contributed by atoms with van der Waals surface area (Å²) in [7, 11) is -3.29. The van der Waals surface area contributed by atoms with Crippen LogP contribution in [0, 0.1) is 5.92 Å².